The Labute approximate surface area is 122 Å². The first-order chi connectivity index (χ1) is 9.69. The second-order valence-electron chi connectivity index (χ2n) is 5.82. The highest BCUT2D eigenvalue weighted by molar-refractivity contribution is 5.91. The Morgan fingerprint density at radius 3 is 2.70 bits per heavy atom. The summed E-state index contributed by atoms with van der Waals surface area (Å²) in [7, 11) is 0. The Balaban J connectivity index is 1.95. The van der Waals surface area contributed by atoms with Crippen LogP contribution in [-0.2, 0) is 4.79 Å². The average Bonchev–Trinajstić information content (AvgIpc) is 2.48. The SMILES string of the molecule is CCC(=O)Nc1ccc(C)c(NCC2CCCCC2)c1. The first kappa shape index (κ1) is 14.9. The molecule has 0 spiro atoms. The van der Waals surface area contributed by atoms with Gasteiger partial charge in [-0.1, -0.05) is 32.3 Å². The van der Waals surface area contributed by atoms with Gasteiger partial charge in [0.25, 0.3) is 0 Å². The van der Waals surface area contributed by atoms with Crippen LogP contribution in [0.2, 0.25) is 0 Å². The largest absolute Gasteiger partial charge is 0.384 e. The molecule has 1 amide bonds. The maximum atomic E-state index is 11.5. The van der Waals surface area contributed by atoms with Crippen molar-refractivity contribution in [2.24, 2.45) is 5.92 Å². The van der Waals surface area contributed by atoms with E-state index in [-0.39, 0.29) is 5.91 Å². The Morgan fingerprint density at radius 2 is 2.00 bits per heavy atom. The topological polar surface area (TPSA) is 41.1 Å². The molecule has 3 nitrogen and oxygen atoms in total. The first-order valence-corrected chi connectivity index (χ1v) is 7.83. The summed E-state index contributed by atoms with van der Waals surface area (Å²) >= 11 is 0. The van der Waals surface area contributed by atoms with E-state index in [1.54, 1.807) is 0 Å². The molecular weight excluding hydrogens is 248 g/mol. The predicted octanol–water partition coefficient (Wildman–Crippen LogP) is 4.34. The summed E-state index contributed by atoms with van der Waals surface area (Å²) in [4.78, 5) is 11.5. The number of carbonyl (C=O) groups excluding carboxylic acids is 1. The third kappa shape index (κ3) is 4.26. The minimum Gasteiger partial charge on any atom is -0.384 e. The molecule has 1 aromatic carbocycles. The molecule has 2 N–H and O–H groups in total. The highest BCUT2D eigenvalue weighted by Gasteiger charge is 2.13. The number of rotatable bonds is 5. The van der Waals surface area contributed by atoms with E-state index in [1.165, 1.54) is 37.7 Å². The highest BCUT2D eigenvalue weighted by Crippen LogP contribution is 2.26. The fourth-order valence-corrected chi connectivity index (χ4v) is 2.79. The number of carbonyl (C=O) groups is 1. The van der Waals surface area contributed by atoms with Gasteiger partial charge in [0.15, 0.2) is 0 Å². The Hall–Kier alpha value is -1.51. The van der Waals surface area contributed by atoms with E-state index >= 15 is 0 Å². The second-order valence-corrected chi connectivity index (χ2v) is 5.82. The second kappa shape index (κ2) is 7.32. The summed E-state index contributed by atoms with van der Waals surface area (Å²) in [6, 6.07) is 6.08. The lowest BCUT2D eigenvalue weighted by atomic mass is 9.89. The van der Waals surface area contributed by atoms with E-state index in [1.807, 2.05) is 19.1 Å². The number of amides is 1. The fraction of sp³-hybridized carbons (Fsp3) is 0.588. The lowest BCUT2D eigenvalue weighted by Gasteiger charge is -2.23. The van der Waals surface area contributed by atoms with Gasteiger partial charge in [0.1, 0.15) is 0 Å². The van der Waals surface area contributed by atoms with Crippen LogP contribution in [0.15, 0.2) is 18.2 Å². The molecule has 1 aliphatic rings. The molecular formula is C17H26N2O. The molecule has 1 aliphatic carbocycles. The van der Waals surface area contributed by atoms with Crippen LogP contribution in [0.25, 0.3) is 0 Å². The maximum Gasteiger partial charge on any atom is 0.224 e. The van der Waals surface area contributed by atoms with Gasteiger partial charge in [0.2, 0.25) is 5.91 Å². The molecule has 110 valence electrons. The van der Waals surface area contributed by atoms with Gasteiger partial charge in [-0.3, -0.25) is 4.79 Å². The van der Waals surface area contributed by atoms with Gasteiger partial charge >= 0.3 is 0 Å². The van der Waals surface area contributed by atoms with Crippen molar-refractivity contribution in [3.8, 4) is 0 Å². The van der Waals surface area contributed by atoms with Crippen LogP contribution in [0, 0.1) is 12.8 Å². The molecule has 0 unspecified atom stereocenters. The van der Waals surface area contributed by atoms with Gasteiger partial charge in [-0.2, -0.15) is 0 Å². The molecule has 0 radical (unpaired) electrons. The van der Waals surface area contributed by atoms with E-state index in [9.17, 15) is 4.79 Å². The van der Waals surface area contributed by atoms with Crippen molar-refractivity contribution >= 4 is 17.3 Å². The molecule has 2 rings (SSSR count). The van der Waals surface area contributed by atoms with Gasteiger partial charge in [0, 0.05) is 24.3 Å². The van der Waals surface area contributed by atoms with Crippen LogP contribution in [0.1, 0.15) is 51.0 Å². The average molecular weight is 274 g/mol. The van der Waals surface area contributed by atoms with Crippen LogP contribution in [-0.4, -0.2) is 12.5 Å². The molecule has 0 atom stereocenters. The zero-order chi connectivity index (χ0) is 14.4. The molecule has 1 aromatic rings. The lowest BCUT2D eigenvalue weighted by Crippen LogP contribution is -2.17. The summed E-state index contributed by atoms with van der Waals surface area (Å²) in [5.74, 6) is 0.865. The summed E-state index contributed by atoms with van der Waals surface area (Å²) in [6.07, 6.45) is 7.35. The molecule has 0 bridgehead atoms. The highest BCUT2D eigenvalue weighted by atomic mass is 16.1. The van der Waals surface area contributed by atoms with E-state index < -0.39 is 0 Å². The van der Waals surface area contributed by atoms with Gasteiger partial charge in [-0.15, -0.1) is 0 Å². The molecule has 1 fully saturated rings. The Bertz CT molecular complexity index is 450. The standard InChI is InChI=1S/C17H26N2O/c1-3-17(20)19-15-10-9-13(2)16(11-15)18-12-14-7-5-4-6-8-14/h9-11,14,18H,3-8,12H2,1-2H3,(H,19,20). The van der Waals surface area contributed by atoms with E-state index in [2.05, 4.69) is 23.6 Å². The minimum absolute atomic E-state index is 0.0621. The van der Waals surface area contributed by atoms with Crippen LogP contribution in [0.5, 0.6) is 0 Å². The predicted molar refractivity (Wildman–Crippen MR) is 85.2 cm³/mol. The van der Waals surface area contributed by atoms with Crippen LogP contribution < -0.4 is 10.6 Å². The Morgan fingerprint density at radius 1 is 1.25 bits per heavy atom. The molecule has 3 heteroatoms. The summed E-state index contributed by atoms with van der Waals surface area (Å²) < 4.78 is 0. The van der Waals surface area contributed by atoms with Crippen LogP contribution in [0.4, 0.5) is 11.4 Å². The monoisotopic (exact) mass is 274 g/mol. The Kier molecular flexibility index (Phi) is 5.45. The third-order valence-corrected chi connectivity index (χ3v) is 4.15. The van der Waals surface area contributed by atoms with Crippen molar-refractivity contribution in [1.29, 1.82) is 0 Å². The number of aryl methyl sites for hydroxylation is 1. The zero-order valence-corrected chi connectivity index (χ0v) is 12.7. The minimum atomic E-state index is 0.0621. The number of hydrogen-bond acceptors (Lipinski definition) is 2. The normalized spacial score (nSPS) is 15.9. The quantitative estimate of drug-likeness (QED) is 0.838. The van der Waals surface area contributed by atoms with E-state index in [0.717, 1.165) is 23.8 Å². The third-order valence-electron chi connectivity index (χ3n) is 4.15. The van der Waals surface area contributed by atoms with E-state index in [4.69, 9.17) is 0 Å². The molecule has 0 aromatic heterocycles. The summed E-state index contributed by atoms with van der Waals surface area (Å²) in [5, 5.41) is 6.48. The smallest absolute Gasteiger partial charge is 0.224 e. The van der Waals surface area contributed by atoms with Crippen LogP contribution in [0.3, 0.4) is 0 Å². The summed E-state index contributed by atoms with van der Waals surface area (Å²) in [6.45, 7) is 5.02. The summed E-state index contributed by atoms with van der Waals surface area (Å²) in [5.41, 5.74) is 3.26. The van der Waals surface area contributed by atoms with Crippen LogP contribution >= 0.6 is 0 Å². The molecule has 0 saturated heterocycles. The van der Waals surface area contributed by atoms with Crippen molar-refractivity contribution in [1.82, 2.24) is 0 Å². The van der Waals surface area contributed by atoms with Crippen molar-refractivity contribution in [3.63, 3.8) is 0 Å². The van der Waals surface area contributed by atoms with Gasteiger partial charge < -0.3 is 10.6 Å². The fourth-order valence-electron chi connectivity index (χ4n) is 2.79. The van der Waals surface area contributed by atoms with Gasteiger partial charge in [0.05, 0.1) is 0 Å². The van der Waals surface area contributed by atoms with Crippen molar-refractivity contribution in [3.05, 3.63) is 23.8 Å². The van der Waals surface area contributed by atoms with Crippen molar-refractivity contribution in [2.45, 2.75) is 52.4 Å². The zero-order valence-electron chi connectivity index (χ0n) is 12.7. The molecule has 1 saturated carbocycles. The van der Waals surface area contributed by atoms with Gasteiger partial charge in [-0.05, 0) is 43.4 Å². The molecule has 0 heterocycles. The van der Waals surface area contributed by atoms with Gasteiger partial charge in [-0.25, -0.2) is 0 Å². The number of benzene rings is 1. The first-order valence-electron chi connectivity index (χ1n) is 7.83. The maximum absolute atomic E-state index is 11.5. The number of anilines is 2. The van der Waals surface area contributed by atoms with E-state index in [0.29, 0.717) is 6.42 Å². The lowest BCUT2D eigenvalue weighted by molar-refractivity contribution is -0.115. The number of hydrogen-bond donors (Lipinski definition) is 2. The van der Waals surface area contributed by atoms with Crippen molar-refractivity contribution in [2.75, 3.05) is 17.2 Å². The number of nitrogens with one attached hydrogen (secondary N) is 2. The molecule has 0 aliphatic heterocycles. The molecule has 20 heavy (non-hydrogen) atoms. The van der Waals surface area contributed by atoms with Crippen molar-refractivity contribution < 1.29 is 4.79 Å².